The van der Waals surface area contributed by atoms with Crippen LogP contribution in [-0.2, 0) is 4.79 Å². The van der Waals surface area contributed by atoms with Crippen LogP contribution in [0.15, 0.2) is 0 Å². The van der Waals surface area contributed by atoms with Gasteiger partial charge in [-0.2, -0.15) is 13.2 Å². The smallest absolute Gasteiger partial charge is 0.369 e. The molecular weight excluding hydrogens is 271 g/mol. The first kappa shape index (κ1) is 14.1. The van der Waals surface area contributed by atoms with Crippen LogP contribution < -0.4 is 11.1 Å². The molecule has 0 bridgehead atoms. The Labute approximate surface area is 115 Å². The summed E-state index contributed by atoms with van der Waals surface area (Å²) in [5.74, 6) is -0.0611. The van der Waals surface area contributed by atoms with Crippen molar-refractivity contribution in [3.63, 3.8) is 0 Å². The van der Waals surface area contributed by atoms with Gasteiger partial charge in [0.2, 0.25) is 5.91 Å². The van der Waals surface area contributed by atoms with E-state index in [1.54, 1.807) is 0 Å². The number of alkyl halides is 3. The van der Waals surface area contributed by atoms with Crippen molar-refractivity contribution in [3.8, 4) is 0 Å². The van der Waals surface area contributed by atoms with Crippen molar-refractivity contribution in [3.05, 3.63) is 0 Å². The molecule has 4 atom stereocenters. The van der Waals surface area contributed by atoms with Crippen LogP contribution in [0.2, 0.25) is 0 Å². The molecule has 3 aliphatic rings. The van der Waals surface area contributed by atoms with Crippen LogP contribution in [0.4, 0.5) is 13.2 Å². The monoisotopic (exact) mass is 291 g/mol. The van der Waals surface area contributed by atoms with Gasteiger partial charge < -0.3 is 11.1 Å². The molecule has 3 fully saturated rings. The molecule has 3 unspecified atom stereocenters. The highest BCUT2D eigenvalue weighted by Crippen LogP contribution is 2.56. The maximum absolute atomic E-state index is 12.7. The Hall–Kier alpha value is -0.820. The van der Waals surface area contributed by atoms with E-state index < -0.39 is 6.30 Å². The number of nitrogens with one attached hydrogen (secondary N) is 1. The van der Waals surface area contributed by atoms with E-state index in [-0.39, 0.29) is 42.3 Å². The summed E-state index contributed by atoms with van der Waals surface area (Å²) in [7, 11) is 0. The second-order valence-corrected chi connectivity index (χ2v) is 6.45. The van der Waals surface area contributed by atoms with Gasteiger partial charge in [0, 0.05) is 24.5 Å². The molecular formula is C13H20F3N3O. The van der Waals surface area contributed by atoms with Gasteiger partial charge in [-0.15, -0.1) is 0 Å². The lowest BCUT2D eigenvalue weighted by atomic mass is 9.86. The fourth-order valence-electron chi connectivity index (χ4n) is 4.09. The molecule has 1 aliphatic carbocycles. The fourth-order valence-corrected chi connectivity index (χ4v) is 4.09. The van der Waals surface area contributed by atoms with E-state index in [0.29, 0.717) is 17.7 Å². The minimum atomic E-state index is -4.22. The van der Waals surface area contributed by atoms with Crippen LogP contribution >= 0.6 is 0 Å². The van der Waals surface area contributed by atoms with Crippen LogP contribution in [0, 0.1) is 17.8 Å². The Morgan fingerprint density at radius 1 is 1.30 bits per heavy atom. The quantitative estimate of drug-likeness (QED) is 0.748. The Morgan fingerprint density at radius 2 is 2.05 bits per heavy atom. The van der Waals surface area contributed by atoms with E-state index in [2.05, 4.69) is 5.32 Å². The van der Waals surface area contributed by atoms with E-state index >= 15 is 0 Å². The number of halogens is 3. The molecule has 0 aromatic carbocycles. The molecule has 20 heavy (non-hydrogen) atoms. The van der Waals surface area contributed by atoms with Gasteiger partial charge >= 0.3 is 6.30 Å². The lowest BCUT2D eigenvalue weighted by molar-refractivity contribution is -0.239. The number of piperidine rings is 1. The fraction of sp³-hybridized carbons (Fsp3) is 0.923. The number of hydrogen-bond donors (Lipinski definition) is 2. The average molecular weight is 291 g/mol. The summed E-state index contributed by atoms with van der Waals surface area (Å²) in [6.45, 7) is 0.929. The van der Waals surface area contributed by atoms with Gasteiger partial charge in [0.05, 0.1) is 0 Å². The van der Waals surface area contributed by atoms with Crippen molar-refractivity contribution in [2.45, 2.75) is 37.5 Å². The highest BCUT2D eigenvalue weighted by molar-refractivity contribution is 5.77. The molecule has 2 heterocycles. The third-order valence-electron chi connectivity index (χ3n) is 5.27. The number of nitrogens with zero attached hydrogens (tertiary/aromatic N) is 1. The third-order valence-corrected chi connectivity index (χ3v) is 5.27. The van der Waals surface area contributed by atoms with Crippen molar-refractivity contribution in [2.75, 3.05) is 19.6 Å². The van der Waals surface area contributed by atoms with Gasteiger partial charge in [-0.05, 0) is 44.1 Å². The zero-order chi connectivity index (χ0) is 14.5. The Kier molecular flexibility index (Phi) is 3.25. The lowest BCUT2D eigenvalue weighted by Crippen LogP contribution is -2.46. The van der Waals surface area contributed by atoms with Crippen LogP contribution in [-0.4, -0.2) is 42.3 Å². The number of likely N-dealkylation sites (tertiary alicyclic amines) is 1. The first-order chi connectivity index (χ1) is 9.32. The van der Waals surface area contributed by atoms with Crippen LogP contribution in [0.5, 0.6) is 0 Å². The molecule has 1 saturated carbocycles. The van der Waals surface area contributed by atoms with Crippen molar-refractivity contribution < 1.29 is 18.0 Å². The molecule has 114 valence electrons. The second-order valence-electron chi connectivity index (χ2n) is 6.45. The summed E-state index contributed by atoms with van der Waals surface area (Å²) in [6, 6.07) is 0. The van der Waals surface area contributed by atoms with E-state index in [1.807, 2.05) is 0 Å². The molecule has 3 rings (SSSR count). The summed E-state index contributed by atoms with van der Waals surface area (Å²) < 4.78 is 38.0. The van der Waals surface area contributed by atoms with Gasteiger partial charge in [0.15, 0.2) is 0 Å². The van der Waals surface area contributed by atoms with Crippen LogP contribution in [0.3, 0.4) is 0 Å². The lowest BCUT2D eigenvalue weighted by Gasteiger charge is -2.31. The minimum Gasteiger partial charge on any atom is -0.369 e. The summed E-state index contributed by atoms with van der Waals surface area (Å²) in [4.78, 5) is 11.9. The topological polar surface area (TPSA) is 58.4 Å². The van der Waals surface area contributed by atoms with Gasteiger partial charge in [-0.3, -0.25) is 4.79 Å². The molecule has 4 nitrogen and oxygen atoms in total. The van der Waals surface area contributed by atoms with E-state index in [0.717, 1.165) is 19.4 Å². The van der Waals surface area contributed by atoms with E-state index in [9.17, 15) is 18.0 Å². The Bertz CT molecular complexity index is 414. The summed E-state index contributed by atoms with van der Waals surface area (Å²) in [5, 5.41) is 3.43. The first-order valence-electron chi connectivity index (χ1n) is 7.18. The molecule has 0 aromatic rings. The largest absolute Gasteiger partial charge is 0.459 e. The number of amides is 1. The second kappa shape index (κ2) is 4.59. The predicted octanol–water partition coefficient (Wildman–Crippen LogP) is 1.07. The molecule has 2 saturated heterocycles. The molecule has 0 aromatic heterocycles. The molecule has 0 radical (unpaired) electrons. The maximum Gasteiger partial charge on any atom is 0.459 e. The standard InChI is InChI=1S/C13H20F3N3O/c14-13(15,16)19-4-2-9(7-19)10-6-12(10)5-8(11(17)20)1-3-18-12/h8-10,18H,1-7H2,(H2,17,20)/t8?,9-,10?,12?/m0/s1. The normalized spacial score (nSPS) is 42.0. The van der Waals surface area contributed by atoms with Crippen LogP contribution in [0.1, 0.15) is 25.7 Å². The van der Waals surface area contributed by atoms with Crippen molar-refractivity contribution in [2.24, 2.45) is 23.5 Å². The molecule has 2 aliphatic heterocycles. The molecule has 7 heteroatoms. The maximum atomic E-state index is 12.7. The number of rotatable bonds is 2. The average Bonchev–Trinajstić information content (AvgIpc) is 2.85. The summed E-state index contributed by atoms with van der Waals surface area (Å²) >= 11 is 0. The van der Waals surface area contributed by atoms with Gasteiger partial charge in [0.1, 0.15) is 0 Å². The molecule has 1 amide bonds. The van der Waals surface area contributed by atoms with Gasteiger partial charge in [0.25, 0.3) is 0 Å². The minimum absolute atomic E-state index is 0.0794. The number of carbonyl (C=O) groups excluding carboxylic acids is 1. The first-order valence-corrected chi connectivity index (χ1v) is 7.18. The highest BCUT2D eigenvalue weighted by atomic mass is 19.4. The number of hydrogen-bond acceptors (Lipinski definition) is 3. The number of primary amides is 1. The van der Waals surface area contributed by atoms with Crippen LogP contribution in [0.25, 0.3) is 0 Å². The van der Waals surface area contributed by atoms with Gasteiger partial charge in [-0.1, -0.05) is 0 Å². The zero-order valence-electron chi connectivity index (χ0n) is 11.2. The van der Waals surface area contributed by atoms with E-state index in [1.165, 1.54) is 0 Å². The summed E-state index contributed by atoms with van der Waals surface area (Å²) in [6.07, 6.45) is -1.31. The summed E-state index contributed by atoms with van der Waals surface area (Å²) in [5.41, 5.74) is 5.25. The van der Waals surface area contributed by atoms with Gasteiger partial charge in [-0.25, -0.2) is 4.90 Å². The molecule has 1 spiro atoms. The Morgan fingerprint density at radius 3 is 2.65 bits per heavy atom. The third kappa shape index (κ3) is 2.41. The highest BCUT2D eigenvalue weighted by Gasteiger charge is 2.60. The predicted molar refractivity (Wildman–Crippen MR) is 66.5 cm³/mol. The van der Waals surface area contributed by atoms with Crippen molar-refractivity contribution >= 4 is 5.91 Å². The van der Waals surface area contributed by atoms with E-state index in [4.69, 9.17) is 5.73 Å². The van der Waals surface area contributed by atoms with Crippen molar-refractivity contribution in [1.29, 1.82) is 0 Å². The molecule has 3 N–H and O–H groups in total. The number of carbonyl (C=O) groups is 1. The SMILES string of the molecule is NC(=O)C1CCNC2(C1)CC2[C@H]1CCN(C(F)(F)F)C1. The number of nitrogens with two attached hydrogens (primary N) is 1. The Balaban J connectivity index is 1.60. The zero-order valence-corrected chi connectivity index (χ0v) is 11.2. The van der Waals surface area contributed by atoms with Crippen molar-refractivity contribution in [1.82, 2.24) is 10.2 Å².